The second-order valence-electron chi connectivity index (χ2n) is 5.92. The van der Waals surface area contributed by atoms with E-state index >= 15 is 0 Å². The minimum absolute atomic E-state index is 0.00931. The van der Waals surface area contributed by atoms with Crippen LogP contribution in [0.1, 0.15) is 24.0 Å². The average Bonchev–Trinajstić information content (AvgIpc) is 2.37. The van der Waals surface area contributed by atoms with Gasteiger partial charge in [0.2, 0.25) is 10.0 Å². The number of nitrogens with zero attached hydrogens (tertiary/aromatic N) is 2. The van der Waals surface area contributed by atoms with E-state index in [1.165, 1.54) is 16.4 Å². The molecule has 0 spiro atoms. The van der Waals surface area contributed by atoms with Crippen LogP contribution >= 0.6 is 0 Å². The first-order valence-corrected chi connectivity index (χ1v) is 8.61. The Hall–Kier alpha value is -0.980. The van der Waals surface area contributed by atoms with Crippen LogP contribution in [0.4, 0.5) is 4.39 Å². The minimum atomic E-state index is -3.59. The van der Waals surface area contributed by atoms with Gasteiger partial charge in [-0.05, 0) is 70.1 Å². The van der Waals surface area contributed by atoms with Crippen molar-refractivity contribution in [3.05, 3.63) is 29.1 Å². The molecule has 1 heterocycles. The molecule has 1 aliphatic rings. The summed E-state index contributed by atoms with van der Waals surface area (Å²) in [4.78, 5) is 2.44. The maximum Gasteiger partial charge on any atom is 0.243 e. The molecule has 0 aliphatic carbocycles. The number of benzene rings is 1. The highest BCUT2D eigenvalue weighted by Gasteiger charge is 2.32. The monoisotopic (exact) mass is 314 g/mol. The Morgan fingerprint density at radius 2 is 1.67 bits per heavy atom. The van der Waals surface area contributed by atoms with Gasteiger partial charge < -0.3 is 4.90 Å². The molecule has 21 heavy (non-hydrogen) atoms. The van der Waals surface area contributed by atoms with Gasteiger partial charge in [0, 0.05) is 13.1 Å². The molecular weight excluding hydrogens is 291 g/mol. The Morgan fingerprint density at radius 3 is 2.14 bits per heavy atom. The van der Waals surface area contributed by atoms with Crippen LogP contribution in [0.25, 0.3) is 0 Å². The first-order valence-electron chi connectivity index (χ1n) is 7.17. The molecule has 0 N–H and O–H groups in total. The number of sulfonamides is 1. The minimum Gasteiger partial charge on any atom is -0.306 e. The fourth-order valence-electron chi connectivity index (χ4n) is 3.00. The van der Waals surface area contributed by atoms with E-state index in [-0.39, 0.29) is 10.9 Å². The maximum atomic E-state index is 13.4. The molecule has 1 aromatic rings. The van der Waals surface area contributed by atoms with Crippen molar-refractivity contribution >= 4 is 10.0 Å². The van der Waals surface area contributed by atoms with Crippen LogP contribution in [-0.4, -0.2) is 50.8 Å². The van der Waals surface area contributed by atoms with Crippen molar-refractivity contribution in [1.82, 2.24) is 9.21 Å². The molecule has 1 aliphatic heterocycles. The van der Waals surface area contributed by atoms with Gasteiger partial charge in [0.25, 0.3) is 0 Å². The molecule has 0 unspecified atom stereocenters. The van der Waals surface area contributed by atoms with Crippen LogP contribution in [0.3, 0.4) is 0 Å². The molecule has 1 aromatic carbocycles. The molecule has 0 radical (unpaired) electrons. The van der Waals surface area contributed by atoms with Crippen LogP contribution in [-0.2, 0) is 10.0 Å². The average molecular weight is 314 g/mol. The predicted octanol–water partition coefficient (Wildman–Crippen LogP) is 2.16. The van der Waals surface area contributed by atoms with Crippen molar-refractivity contribution in [3.63, 3.8) is 0 Å². The summed E-state index contributed by atoms with van der Waals surface area (Å²) < 4.78 is 40.6. The number of hydrogen-bond acceptors (Lipinski definition) is 3. The quantitative estimate of drug-likeness (QED) is 0.858. The molecule has 1 saturated heterocycles. The van der Waals surface area contributed by atoms with E-state index in [0.29, 0.717) is 11.1 Å². The van der Waals surface area contributed by atoms with E-state index < -0.39 is 15.8 Å². The third-order valence-corrected chi connectivity index (χ3v) is 6.48. The van der Waals surface area contributed by atoms with Gasteiger partial charge in [-0.1, -0.05) is 0 Å². The highest BCUT2D eigenvalue weighted by Crippen LogP contribution is 2.27. The Kier molecular flexibility index (Phi) is 4.70. The van der Waals surface area contributed by atoms with Gasteiger partial charge in [0.05, 0.1) is 4.90 Å². The van der Waals surface area contributed by atoms with Crippen LogP contribution in [0.2, 0.25) is 0 Å². The van der Waals surface area contributed by atoms with Crippen molar-refractivity contribution in [2.45, 2.75) is 37.6 Å². The fourth-order valence-corrected chi connectivity index (χ4v) is 4.83. The number of hydrogen-bond donors (Lipinski definition) is 0. The van der Waals surface area contributed by atoms with Crippen LogP contribution in [0.5, 0.6) is 0 Å². The van der Waals surface area contributed by atoms with E-state index in [2.05, 4.69) is 4.90 Å². The van der Waals surface area contributed by atoms with E-state index in [1.807, 2.05) is 7.05 Å². The summed E-state index contributed by atoms with van der Waals surface area (Å²) in [5.74, 6) is -0.397. The van der Waals surface area contributed by atoms with Gasteiger partial charge in [-0.15, -0.1) is 0 Å². The third-order valence-electron chi connectivity index (χ3n) is 4.26. The number of likely N-dealkylation sites (tertiary alicyclic amines) is 1. The standard InChI is InChI=1S/C15H23FN2O2S/c1-11-9-13(16)10-12(2)15(11)21(19,20)18(4)14-5-7-17(3)8-6-14/h9-10,14H,5-8H2,1-4H3. The lowest BCUT2D eigenvalue weighted by Crippen LogP contribution is -2.44. The van der Waals surface area contributed by atoms with Crippen molar-refractivity contribution in [2.24, 2.45) is 0 Å². The molecular formula is C15H23FN2O2S. The van der Waals surface area contributed by atoms with E-state index in [0.717, 1.165) is 25.9 Å². The predicted molar refractivity (Wildman–Crippen MR) is 81.3 cm³/mol. The second kappa shape index (κ2) is 6.02. The van der Waals surface area contributed by atoms with E-state index in [9.17, 15) is 12.8 Å². The van der Waals surface area contributed by atoms with Gasteiger partial charge in [-0.25, -0.2) is 12.8 Å². The first-order chi connectivity index (χ1) is 9.73. The zero-order valence-corrected chi connectivity index (χ0v) is 13.9. The summed E-state index contributed by atoms with van der Waals surface area (Å²) in [5, 5.41) is 0. The van der Waals surface area contributed by atoms with Gasteiger partial charge in [0.15, 0.2) is 0 Å². The smallest absolute Gasteiger partial charge is 0.243 e. The first kappa shape index (κ1) is 16.4. The van der Waals surface area contributed by atoms with Crippen molar-refractivity contribution in [3.8, 4) is 0 Å². The molecule has 0 atom stereocenters. The molecule has 118 valence electrons. The van der Waals surface area contributed by atoms with Crippen molar-refractivity contribution in [2.75, 3.05) is 27.2 Å². The van der Waals surface area contributed by atoms with Crippen LogP contribution in [0, 0.1) is 19.7 Å². The largest absolute Gasteiger partial charge is 0.306 e. The van der Waals surface area contributed by atoms with Crippen LogP contribution in [0.15, 0.2) is 17.0 Å². The summed E-state index contributed by atoms with van der Waals surface area (Å²) >= 11 is 0. The lowest BCUT2D eigenvalue weighted by molar-refractivity contribution is 0.197. The molecule has 0 saturated carbocycles. The molecule has 0 aromatic heterocycles. The van der Waals surface area contributed by atoms with E-state index in [1.54, 1.807) is 20.9 Å². The summed E-state index contributed by atoms with van der Waals surface area (Å²) in [6.07, 6.45) is 1.65. The summed E-state index contributed by atoms with van der Waals surface area (Å²) in [6, 6.07) is 2.57. The van der Waals surface area contributed by atoms with Crippen molar-refractivity contribution < 1.29 is 12.8 Å². The van der Waals surface area contributed by atoms with Crippen molar-refractivity contribution in [1.29, 1.82) is 0 Å². The summed E-state index contributed by atoms with van der Waals surface area (Å²) in [6.45, 7) is 5.08. The third kappa shape index (κ3) is 3.27. The van der Waals surface area contributed by atoms with Gasteiger partial charge >= 0.3 is 0 Å². The molecule has 6 heteroatoms. The molecule has 4 nitrogen and oxygen atoms in total. The van der Waals surface area contributed by atoms with E-state index in [4.69, 9.17) is 0 Å². The normalized spacial score (nSPS) is 18.4. The Bertz CT molecular complexity index is 600. The zero-order valence-electron chi connectivity index (χ0n) is 13.1. The number of halogens is 1. The highest BCUT2D eigenvalue weighted by atomic mass is 32.2. The summed E-state index contributed by atoms with van der Waals surface area (Å²) in [7, 11) is 0.0871. The topological polar surface area (TPSA) is 40.6 Å². The SMILES string of the molecule is Cc1cc(F)cc(C)c1S(=O)(=O)N(C)C1CCN(C)CC1. The maximum absolute atomic E-state index is 13.4. The molecule has 2 rings (SSSR count). The molecule has 0 bridgehead atoms. The number of piperidine rings is 1. The van der Waals surface area contributed by atoms with Crippen LogP contribution < -0.4 is 0 Å². The lowest BCUT2D eigenvalue weighted by Gasteiger charge is -2.34. The number of rotatable bonds is 3. The summed E-state index contributed by atoms with van der Waals surface area (Å²) in [5.41, 5.74) is 0.930. The Labute approximate surface area is 126 Å². The molecule has 1 fully saturated rings. The van der Waals surface area contributed by atoms with Gasteiger partial charge in [0.1, 0.15) is 5.82 Å². The van der Waals surface area contributed by atoms with Gasteiger partial charge in [-0.2, -0.15) is 4.31 Å². The highest BCUT2D eigenvalue weighted by molar-refractivity contribution is 7.89. The lowest BCUT2D eigenvalue weighted by atomic mass is 10.1. The zero-order chi connectivity index (χ0) is 15.8. The van der Waals surface area contributed by atoms with Gasteiger partial charge in [-0.3, -0.25) is 0 Å². The Morgan fingerprint density at radius 1 is 1.19 bits per heavy atom. The Balaban J connectivity index is 2.34. The number of aryl methyl sites for hydroxylation is 2. The second-order valence-corrected chi connectivity index (χ2v) is 7.86. The molecule has 0 amide bonds. The fraction of sp³-hybridized carbons (Fsp3) is 0.600.